The lowest BCUT2D eigenvalue weighted by Gasteiger charge is -2.10. The molecule has 6 heteroatoms. The van der Waals surface area contributed by atoms with Crippen LogP contribution in [0, 0.1) is 10.1 Å². The summed E-state index contributed by atoms with van der Waals surface area (Å²) in [6, 6.07) is 11.9. The Labute approximate surface area is 126 Å². The van der Waals surface area contributed by atoms with Gasteiger partial charge in [-0.1, -0.05) is 18.2 Å². The highest BCUT2D eigenvalue weighted by Gasteiger charge is 2.12. The summed E-state index contributed by atoms with van der Waals surface area (Å²) < 4.78 is 0. The maximum absolute atomic E-state index is 10.6. The average molecular weight is 311 g/mol. The number of nitro groups is 1. The third-order valence-electron chi connectivity index (χ3n) is 2.85. The summed E-state index contributed by atoms with van der Waals surface area (Å²) in [6.07, 6.45) is 0.554. The summed E-state index contributed by atoms with van der Waals surface area (Å²) in [7, 11) is 0. The zero-order valence-electron chi connectivity index (χ0n) is 10.5. The van der Waals surface area contributed by atoms with Gasteiger partial charge in [-0.3, -0.25) is 15.1 Å². The predicted octanol–water partition coefficient (Wildman–Crippen LogP) is 4.25. The minimum atomic E-state index is -0.423. The molecule has 0 N–H and O–H groups in total. The molecule has 0 amide bonds. The summed E-state index contributed by atoms with van der Waals surface area (Å²) in [5.41, 5.74) is 2.53. The highest BCUT2D eigenvalue weighted by atomic mass is 35.5. The van der Waals surface area contributed by atoms with Crippen molar-refractivity contribution >= 4 is 28.9 Å². The molecule has 20 heavy (non-hydrogen) atoms. The Morgan fingerprint density at radius 2 is 1.90 bits per heavy atom. The molecule has 1 atom stereocenters. The highest BCUT2D eigenvalue weighted by Crippen LogP contribution is 2.25. The standard InChI is InChI=1S/C14H12Cl2N2O2/c15-9-11-2-1-3-14(17-11)13(16)8-10-4-6-12(7-5-10)18(19)20/h1-7,13H,8-9H2. The normalized spacial score (nSPS) is 12.1. The maximum atomic E-state index is 10.6. The van der Waals surface area contributed by atoms with Gasteiger partial charge in [0.15, 0.2) is 0 Å². The number of pyridine rings is 1. The number of alkyl halides is 2. The van der Waals surface area contributed by atoms with Crippen LogP contribution >= 0.6 is 23.2 Å². The van der Waals surface area contributed by atoms with Crippen LogP contribution in [-0.2, 0) is 12.3 Å². The molecule has 0 saturated carbocycles. The van der Waals surface area contributed by atoms with Crippen LogP contribution in [0.3, 0.4) is 0 Å². The number of nitrogens with zero attached hydrogens (tertiary/aromatic N) is 2. The number of rotatable bonds is 5. The molecule has 1 heterocycles. The van der Waals surface area contributed by atoms with Crippen molar-refractivity contribution in [3.63, 3.8) is 0 Å². The maximum Gasteiger partial charge on any atom is 0.269 e. The van der Waals surface area contributed by atoms with Crippen molar-refractivity contribution in [2.24, 2.45) is 0 Å². The molecule has 0 spiro atoms. The second kappa shape index (κ2) is 6.68. The first kappa shape index (κ1) is 14.8. The van der Waals surface area contributed by atoms with E-state index in [1.165, 1.54) is 12.1 Å². The molecule has 4 nitrogen and oxygen atoms in total. The van der Waals surface area contributed by atoms with E-state index in [1.54, 1.807) is 12.1 Å². The first-order valence-electron chi connectivity index (χ1n) is 5.99. The van der Waals surface area contributed by atoms with Crippen LogP contribution in [0.5, 0.6) is 0 Å². The molecule has 0 bridgehead atoms. The number of halogens is 2. The first-order chi connectivity index (χ1) is 9.60. The number of non-ortho nitro benzene ring substituents is 1. The number of hydrogen-bond acceptors (Lipinski definition) is 3. The first-order valence-corrected chi connectivity index (χ1v) is 6.96. The van der Waals surface area contributed by atoms with E-state index in [0.29, 0.717) is 12.3 Å². The quantitative estimate of drug-likeness (QED) is 0.471. The Morgan fingerprint density at radius 1 is 1.20 bits per heavy atom. The third-order valence-corrected chi connectivity index (χ3v) is 3.50. The van der Waals surface area contributed by atoms with E-state index in [0.717, 1.165) is 17.0 Å². The van der Waals surface area contributed by atoms with E-state index in [9.17, 15) is 10.1 Å². The Kier molecular flexibility index (Phi) is 4.93. The second-order valence-corrected chi connectivity index (χ2v) is 5.08. The minimum absolute atomic E-state index is 0.0714. The smallest absolute Gasteiger partial charge is 0.258 e. The molecule has 2 rings (SSSR count). The number of nitro benzene ring substituents is 1. The summed E-state index contributed by atoms with van der Waals surface area (Å²) in [6.45, 7) is 0. The molecule has 1 unspecified atom stereocenters. The van der Waals surface area contributed by atoms with Gasteiger partial charge in [0.2, 0.25) is 0 Å². The van der Waals surface area contributed by atoms with E-state index in [-0.39, 0.29) is 11.1 Å². The monoisotopic (exact) mass is 310 g/mol. The SMILES string of the molecule is O=[N+]([O-])c1ccc(CC(Cl)c2cccc(CCl)n2)cc1. The largest absolute Gasteiger partial charge is 0.269 e. The van der Waals surface area contributed by atoms with Gasteiger partial charge in [0.1, 0.15) is 0 Å². The second-order valence-electron chi connectivity index (χ2n) is 4.28. The lowest BCUT2D eigenvalue weighted by Crippen LogP contribution is -2.00. The molecule has 1 aromatic carbocycles. The Balaban J connectivity index is 2.10. The van der Waals surface area contributed by atoms with Crippen LogP contribution < -0.4 is 0 Å². The molecule has 104 valence electrons. The van der Waals surface area contributed by atoms with Gasteiger partial charge in [-0.2, -0.15) is 0 Å². The summed E-state index contributed by atoms with van der Waals surface area (Å²) in [5, 5.41) is 10.3. The Hall–Kier alpha value is -1.65. The minimum Gasteiger partial charge on any atom is -0.258 e. The van der Waals surface area contributed by atoms with Crippen LogP contribution in [0.1, 0.15) is 22.3 Å². The summed E-state index contributed by atoms with van der Waals surface area (Å²) in [4.78, 5) is 14.5. The molecule has 1 aromatic heterocycles. The van der Waals surface area contributed by atoms with Gasteiger partial charge < -0.3 is 0 Å². The zero-order chi connectivity index (χ0) is 14.5. The number of aromatic nitrogens is 1. The van der Waals surface area contributed by atoms with Gasteiger partial charge in [-0.15, -0.1) is 23.2 Å². The van der Waals surface area contributed by atoms with Crippen molar-refractivity contribution in [3.05, 3.63) is 69.5 Å². The molecular weight excluding hydrogens is 299 g/mol. The highest BCUT2D eigenvalue weighted by molar-refractivity contribution is 6.20. The predicted molar refractivity (Wildman–Crippen MR) is 79.2 cm³/mol. The van der Waals surface area contributed by atoms with E-state index < -0.39 is 4.92 Å². The third kappa shape index (κ3) is 3.68. The van der Waals surface area contributed by atoms with Crippen molar-refractivity contribution in [2.75, 3.05) is 0 Å². The molecule has 0 aliphatic rings. The van der Waals surface area contributed by atoms with Crippen LogP contribution in [0.2, 0.25) is 0 Å². The Bertz CT molecular complexity index is 602. The molecule has 0 fully saturated rings. The number of hydrogen-bond donors (Lipinski definition) is 0. The number of benzene rings is 1. The molecule has 0 aliphatic carbocycles. The van der Waals surface area contributed by atoms with Gasteiger partial charge in [0.05, 0.1) is 27.6 Å². The van der Waals surface area contributed by atoms with Crippen molar-refractivity contribution in [2.45, 2.75) is 17.7 Å². The lowest BCUT2D eigenvalue weighted by atomic mass is 10.1. The van der Waals surface area contributed by atoms with E-state index >= 15 is 0 Å². The van der Waals surface area contributed by atoms with Crippen molar-refractivity contribution in [3.8, 4) is 0 Å². The van der Waals surface area contributed by atoms with E-state index in [2.05, 4.69) is 4.98 Å². The fourth-order valence-corrected chi connectivity index (χ4v) is 2.26. The fraction of sp³-hybridized carbons (Fsp3) is 0.214. The lowest BCUT2D eigenvalue weighted by molar-refractivity contribution is -0.384. The van der Waals surface area contributed by atoms with Crippen LogP contribution in [0.4, 0.5) is 5.69 Å². The van der Waals surface area contributed by atoms with Gasteiger partial charge in [0, 0.05) is 12.1 Å². The van der Waals surface area contributed by atoms with Gasteiger partial charge >= 0.3 is 0 Å². The van der Waals surface area contributed by atoms with Gasteiger partial charge in [0.25, 0.3) is 5.69 Å². The molecule has 2 aromatic rings. The molecule has 0 radical (unpaired) electrons. The molecule has 0 aliphatic heterocycles. The molecular formula is C14H12Cl2N2O2. The van der Waals surface area contributed by atoms with Crippen molar-refractivity contribution < 1.29 is 4.92 Å². The van der Waals surface area contributed by atoms with Crippen LogP contribution in [-0.4, -0.2) is 9.91 Å². The Morgan fingerprint density at radius 3 is 2.50 bits per heavy atom. The van der Waals surface area contributed by atoms with E-state index in [1.807, 2.05) is 18.2 Å². The fourth-order valence-electron chi connectivity index (χ4n) is 1.81. The summed E-state index contributed by atoms with van der Waals surface area (Å²) in [5.74, 6) is 0.342. The van der Waals surface area contributed by atoms with Crippen molar-refractivity contribution in [1.82, 2.24) is 4.98 Å². The molecule has 0 saturated heterocycles. The topological polar surface area (TPSA) is 56.0 Å². The van der Waals surface area contributed by atoms with Crippen LogP contribution in [0.25, 0.3) is 0 Å². The van der Waals surface area contributed by atoms with Gasteiger partial charge in [-0.05, 0) is 24.1 Å². The van der Waals surface area contributed by atoms with Crippen molar-refractivity contribution in [1.29, 1.82) is 0 Å². The van der Waals surface area contributed by atoms with Gasteiger partial charge in [-0.25, -0.2) is 0 Å². The zero-order valence-corrected chi connectivity index (χ0v) is 12.0. The van der Waals surface area contributed by atoms with E-state index in [4.69, 9.17) is 23.2 Å². The average Bonchev–Trinajstić information content (AvgIpc) is 2.47. The van der Waals surface area contributed by atoms with Crippen LogP contribution in [0.15, 0.2) is 42.5 Å². The summed E-state index contributed by atoms with van der Waals surface area (Å²) >= 11 is 12.1.